The lowest BCUT2D eigenvalue weighted by Gasteiger charge is -2.39. The molecule has 2 bridgehead atoms. The van der Waals surface area contributed by atoms with Crippen LogP contribution in [-0.2, 0) is 19.1 Å². The number of carbonyl (C=O) groups is 3. The molecule has 0 radical (unpaired) electrons. The van der Waals surface area contributed by atoms with Gasteiger partial charge in [-0.25, -0.2) is 0 Å². The Morgan fingerprint density at radius 1 is 1.41 bits per heavy atom. The highest BCUT2D eigenvalue weighted by molar-refractivity contribution is 8.02. The number of aliphatic carboxylic acids is 1. The summed E-state index contributed by atoms with van der Waals surface area (Å²) in [7, 11) is 0. The van der Waals surface area contributed by atoms with Crippen molar-refractivity contribution in [1.82, 2.24) is 14.7 Å². The van der Waals surface area contributed by atoms with Crippen molar-refractivity contribution >= 4 is 29.5 Å². The van der Waals surface area contributed by atoms with Crippen LogP contribution >= 0.6 is 11.8 Å². The van der Waals surface area contributed by atoms with Gasteiger partial charge >= 0.3 is 5.97 Å². The van der Waals surface area contributed by atoms with Gasteiger partial charge in [0.25, 0.3) is 0 Å². The predicted molar refractivity (Wildman–Crippen MR) is 119 cm³/mol. The number of fused-ring (bicyclic) bond motifs is 1. The molecule has 10 heteroatoms. The van der Waals surface area contributed by atoms with Crippen molar-refractivity contribution < 1.29 is 29.3 Å². The number of aliphatic hydroxyl groups excluding tert-OH is 1. The summed E-state index contributed by atoms with van der Waals surface area (Å²) in [5.74, 6) is -2.96. The van der Waals surface area contributed by atoms with E-state index in [1.54, 1.807) is 17.9 Å². The summed E-state index contributed by atoms with van der Waals surface area (Å²) in [5, 5.41) is 19.6. The van der Waals surface area contributed by atoms with E-state index in [1.165, 1.54) is 16.7 Å². The Morgan fingerprint density at radius 2 is 2.12 bits per heavy atom. The van der Waals surface area contributed by atoms with Gasteiger partial charge in [-0.05, 0) is 19.8 Å². The molecule has 2 unspecified atom stereocenters. The Balaban J connectivity index is 1.63. The van der Waals surface area contributed by atoms with E-state index in [0.29, 0.717) is 45.7 Å². The second kappa shape index (κ2) is 9.32. The minimum absolute atomic E-state index is 0.149. The third kappa shape index (κ3) is 3.74. The van der Waals surface area contributed by atoms with Gasteiger partial charge in [-0.3, -0.25) is 19.3 Å². The minimum atomic E-state index is -0.970. The molecule has 0 saturated carbocycles. The fourth-order valence-electron chi connectivity index (χ4n) is 5.92. The molecule has 9 nitrogen and oxygen atoms in total. The average Bonchev–Trinajstić information content (AvgIpc) is 3.43. The van der Waals surface area contributed by atoms with Crippen LogP contribution in [0.15, 0.2) is 12.7 Å². The standard InChI is InChI=1S/C22H33N3O6S/c1-3-6-24(8-7-23-9-11-31-12-10-23)20(28)18-22-5-4-15(32-22)16(21(29)30)17(22)19(27)25(18)14(2)13-26/h3,14-18,26H,1,4-13H2,2H3,(H,29,30)/t14-,15-,16+,17+,18?,22?/m1/s1. The topological polar surface area (TPSA) is 111 Å². The van der Waals surface area contributed by atoms with Crippen molar-refractivity contribution in [1.29, 1.82) is 0 Å². The zero-order chi connectivity index (χ0) is 23.0. The van der Waals surface area contributed by atoms with E-state index in [2.05, 4.69) is 11.5 Å². The maximum atomic E-state index is 14.0. The van der Waals surface area contributed by atoms with Gasteiger partial charge in [0, 0.05) is 38.0 Å². The molecule has 4 saturated heterocycles. The van der Waals surface area contributed by atoms with Gasteiger partial charge in [-0.2, -0.15) is 0 Å². The lowest BCUT2D eigenvalue weighted by Crippen LogP contribution is -2.57. The predicted octanol–water partition coefficient (Wildman–Crippen LogP) is -0.110. The molecule has 0 aromatic rings. The maximum absolute atomic E-state index is 14.0. The van der Waals surface area contributed by atoms with Crippen molar-refractivity contribution in [2.24, 2.45) is 11.8 Å². The Morgan fingerprint density at radius 3 is 2.75 bits per heavy atom. The highest BCUT2D eigenvalue weighted by Gasteiger charge is 2.74. The molecule has 6 atom stereocenters. The number of likely N-dealkylation sites (tertiary alicyclic amines) is 1. The quantitative estimate of drug-likeness (QED) is 0.452. The molecule has 0 aliphatic carbocycles. The number of carboxylic acid groups (broad SMARTS) is 1. The molecule has 32 heavy (non-hydrogen) atoms. The summed E-state index contributed by atoms with van der Waals surface area (Å²) in [6.45, 7) is 9.77. The normalized spacial score (nSPS) is 35.1. The van der Waals surface area contributed by atoms with Crippen molar-refractivity contribution in [2.75, 3.05) is 52.5 Å². The van der Waals surface area contributed by atoms with Crippen molar-refractivity contribution in [3.05, 3.63) is 12.7 Å². The Kier molecular flexibility index (Phi) is 6.86. The lowest BCUT2D eigenvalue weighted by molar-refractivity contribution is -0.149. The Hall–Kier alpha value is -1.62. The number of amides is 2. The van der Waals surface area contributed by atoms with Crippen LogP contribution in [0.25, 0.3) is 0 Å². The van der Waals surface area contributed by atoms with Crippen molar-refractivity contribution in [3.63, 3.8) is 0 Å². The minimum Gasteiger partial charge on any atom is -0.481 e. The summed E-state index contributed by atoms with van der Waals surface area (Å²) in [4.78, 5) is 45.0. The second-order valence-corrected chi connectivity index (χ2v) is 10.8. The molecule has 4 heterocycles. The van der Waals surface area contributed by atoms with Gasteiger partial charge < -0.3 is 24.7 Å². The molecule has 2 amide bonds. The van der Waals surface area contributed by atoms with Gasteiger partial charge in [0.05, 0.1) is 42.4 Å². The summed E-state index contributed by atoms with van der Waals surface area (Å²) in [6, 6.07) is -1.33. The summed E-state index contributed by atoms with van der Waals surface area (Å²) in [5.41, 5.74) is 0. The third-order valence-corrected chi connectivity index (χ3v) is 9.40. The van der Waals surface area contributed by atoms with E-state index in [1.807, 2.05) is 0 Å². The number of morpholine rings is 1. The Labute approximate surface area is 192 Å². The van der Waals surface area contributed by atoms with Gasteiger partial charge in [-0.15, -0.1) is 18.3 Å². The smallest absolute Gasteiger partial charge is 0.308 e. The van der Waals surface area contributed by atoms with Gasteiger partial charge in [0.2, 0.25) is 11.8 Å². The van der Waals surface area contributed by atoms with Crippen LogP contribution < -0.4 is 0 Å². The molecule has 4 aliphatic heterocycles. The van der Waals surface area contributed by atoms with Crippen LogP contribution in [0.2, 0.25) is 0 Å². The monoisotopic (exact) mass is 467 g/mol. The van der Waals surface area contributed by atoms with Gasteiger partial charge in [-0.1, -0.05) is 6.08 Å². The molecule has 0 aromatic carbocycles. The molecular formula is C22H33N3O6S. The van der Waals surface area contributed by atoms with Crippen molar-refractivity contribution in [3.8, 4) is 0 Å². The van der Waals surface area contributed by atoms with Gasteiger partial charge in [0.1, 0.15) is 6.04 Å². The maximum Gasteiger partial charge on any atom is 0.308 e. The van der Waals surface area contributed by atoms with Crippen LogP contribution in [-0.4, -0.2) is 117 Å². The molecule has 4 aliphatic rings. The van der Waals surface area contributed by atoms with Crippen LogP contribution in [0.3, 0.4) is 0 Å². The van der Waals surface area contributed by atoms with Crippen LogP contribution in [0, 0.1) is 11.8 Å². The SMILES string of the molecule is C=CCN(CCN1CCOCC1)C(=O)C1N([C@H](C)CO)C(=O)[C@@H]2[C@@H](C(=O)O)[C@H]3CCC12S3. The summed E-state index contributed by atoms with van der Waals surface area (Å²) in [6.07, 6.45) is 3.01. The van der Waals surface area contributed by atoms with E-state index < -0.39 is 34.6 Å². The van der Waals surface area contributed by atoms with Gasteiger partial charge in [0.15, 0.2) is 0 Å². The first kappa shape index (κ1) is 23.5. The number of aliphatic hydroxyl groups is 1. The van der Waals surface area contributed by atoms with E-state index in [4.69, 9.17) is 4.74 Å². The number of hydrogen-bond acceptors (Lipinski definition) is 7. The lowest BCUT2D eigenvalue weighted by atomic mass is 9.71. The molecule has 178 valence electrons. The van der Waals surface area contributed by atoms with Crippen LogP contribution in [0.4, 0.5) is 0 Å². The highest BCUT2D eigenvalue weighted by atomic mass is 32.2. The third-order valence-electron chi connectivity index (χ3n) is 7.45. The highest BCUT2D eigenvalue weighted by Crippen LogP contribution is 2.66. The second-order valence-electron chi connectivity index (χ2n) is 9.20. The molecule has 4 fully saturated rings. The number of hydrogen-bond donors (Lipinski definition) is 2. The first-order valence-corrected chi connectivity index (χ1v) is 12.3. The molecular weight excluding hydrogens is 434 g/mol. The van der Waals surface area contributed by atoms with Crippen molar-refractivity contribution in [2.45, 2.75) is 41.8 Å². The first-order valence-electron chi connectivity index (χ1n) is 11.4. The number of nitrogens with zero attached hydrogens (tertiary/aromatic N) is 3. The molecule has 0 aromatic heterocycles. The van der Waals surface area contributed by atoms with E-state index >= 15 is 0 Å². The zero-order valence-corrected chi connectivity index (χ0v) is 19.3. The molecule has 4 rings (SSSR count). The fourth-order valence-corrected chi connectivity index (χ4v) is 8.11. The largest absolute Gasteiger partial charge is 0.481 e. The molecule has 2 N–H and O–H groups in total. The van der Waals surface area contributed by atoms with E-state index in [0.717, 1.165) is 13.1 Å². The fraction of sp³-hybridized carbons (Fsp3) is 0.773. The first-order chi connectivity index (χ1) is 15.4. The summed E-state index contributed by atoms with van der Waals surface area (Å²) >= 11 is 1.51. The number of rotatable bonds is 9. The Bertz CT molecular complexity index is 775. The summed E-state index contributed by atoms with van der Waals surface area (Å²) < 4.78 is 4.65. The van der Waals surface area contributed by atoms with E-state index in [9.17, 15) is 24.6 Å². The number of carboxylic acids is 1. The van der Waals surface area contributed by atoms with Crippen LogP contribution in [0.5, 0.6) is 0 Å². The number of thioether (sulfide) groups is 1. The van der Waals surface area contributed by atoms with Crippen LogP contribution in [0.1, 0.15) is 19.8 Å². The average molecular weight is 468 g/mol. The van der Waals surface area contributed by atoms with E-state index in [-0.39, 0.29) is 23.7 Å². The zero-order valence-electron chi connectivity index (χ0n) is 18.5. The molecule has 1 spiro atoms. The number of ether oxygens (including phenoxy) is 1. The number of carbonyl (C=O) groups excluding carboxylic acids is 2.